The minimum absolute atomic E-state index is 0.0135. The zero-order chi connectivity index (χ0) is 14.1. The molecule has 0 saturated heterocycles. The predicted octanol–water partition coefficient (Wildman–Crippen LogP) is 4.23. The average molecular weight is 307 g/mol. The Bertz CT molecular complexity index is 628. The van der Waals surface area contributed by atoms with Crippen LogP contribution in [0.25, 0.3) is 0 Å². The molecule has 3 rings (SSSR count). The summed E-state index contributed by atoms with van der Waals surface area (Å²) in [6.07, 6.45) is 2.03. The van der Waals surface area contributed by atoms with E-state index >= 15 is 0 Å². The third-order valence-corrected chi connectivity index (χ3v) is 4.87. The van der Waals surface area contributed by atoms with Crippen LogP contribution in [0.3, 0.4) is 0 Å². The van der Waals surface area contributed by atoms with Crippen LogP contribution in [0.2, 0.25) is 10.0 Å². The lowest BCUT2D eigenvalue weighted by Gasteiger charge is -2.33. The highest BCUT2D eigenvalue weighted by Crippen LogP contribution is 2.42. The largest absolute Gasteiger partial charge is 0.271 e. The monoisotopic (exact) mass is 306 g/mol. The molecule has 2 unspecified atom stereocenters. The molecule has 1 aliphatic rings. The highest BCUT2D eigenvalue weighted by atomic mass is 35.5. The topological polar surface area (TPSA) is 38.0 Å². The number of fused-ring (bicyclic) bond motifs is 1. The van der Waals surface area contributed by atoms with Crippen molar-refractivity contribution in [2.75, 3.05) is 0 Å². The van der Waals surface area contributed by atoms with Gasteiger partial charge in [0.05, 0.1) is 10.0 Å². The van der Waals surface area contributed by atoms with E-state index in [2.05, 4.69) is 29.7 Å². The van der Waals surface area contributed by atoms with Crippen molar-refractivity contribution in [3.8, 4) is 0 Å². The SMILES string of the molecule is NNC(CC1Cc2ccccc21)c1cccc(Cl)c1Cl. The van der Waals surface area contributed by atoms with Crippen LogP contribution in [-0.4, -0.2) is 0 Å². The van der Waals surface area contributed by atoms with Gasteiger partial charge in [0.25, 0.3) is 0 Å². The Labute approximate surface area is 128 Å². The van der Waals surface area contributed by atoms with E-state index in [1.807, 2.05) is 12.1 Å². The normalized spacial score (nSPS) is 18.2. The number of nitrogens with two attached hydrogens (primary N) is 1. The smallest absolute Gasteiger partial charge is 0.0640 e. The highest BCUT2D eigenvalue weighted by molar-refractivity contribution is 6.42. The fourth-order valence-electron chi connectivity index (χ4n) is 2.93. The Balaban J connectivity index is 1.81. The first-order valence-electron chi connectivity index (χ1n) is 6.68. The van der Waals surface area contributed by atoms with Crippen molar-refractivity contribution in [1.29, 1.82) is 0 Å². The summed E-state index contributed by atoms with van der Waals surface area (Å²) in [5.41, 5.74) is 6.69. The summed E-state index contributed by atoms with van der Waals surface area (Å²) in [6, 6.07) is 14.2. The third kappa shape index (κ3) is 2.45. The lowest BCUT2D eigenvalue weighted by atomic mass is 9.74. The van der Waals surface area contributed by atoms with E-state index in [0.717, 1.165) is 18.4 Å². The summed E-state index contributed by atoms with van der Waals surface area (Å²) < 4.78 is 0. The molecule has 4 heteroatoms. The van der Waals surface area contributed by atoms with E-state index in [-0.39, 0.29) is 6.04 Å². The molecule has 2 aromatic rings. The maximum absolute atomic E-state index is 6.28. The van der Waals surface area contributed by atoms with E-state index < -0.39 is 0 Å². The van der Waals surface area contributed by atoms with Gasteiger partial charge in [-0.1, -0.05) is 59.6 Å². The van der Waals surface area contributed by atoms with Crippen molar-refractivity contribution in [3.05, 3.63) is 69.2 Å². The van der Waals surface area contributed by atoms with E-state index in [0.29, 0.717) is 16.0 Å². The fourth-order valence-corrected chi connectivity index (χ4v) is 3.37. The molecule has 0 saturated carbocycles. The Morgan fingerprint density at radius 3 is 2.70 bits per heavy atom. The Hall–Kier alpha value is -1.06. The molecule has 20 heavy (non-hydrogen) atoms. The van der Waals surface area contributed by atoms with Gasteiger partial charge in [0.1, 0.15) is 0 Å². The van der Waals surface area contributed by atoms with E-state index in [1.165, 1.54) is 11.1 Å². The second kappa shape index (κ2) is 5.74. The van der Waals surface area contributed by atoms with E-state index in [1.54, 1.807) is 6.07 Å². The molecule has 2 nitrogen and oxygen atoms in total. The standard InChI is InChI=1S/C16H16Cl2N2/c17-14-7-3-6-13(16(14)18)15(20-19)9-11-8-10-4-1-2-5-12(10)11/h1-7,11,15,20H,8-9,19H2. The highest BCUT2D eigenvalue weighted by Gasteiger charge is 2.29. The summed E-state index contributed by atoms with van der Waals surface area (Å²) >= 11 is 12.4. The minimum atomic E-state index is 0.0135. The van der Waals surface area contributed by atoms with Crippen molar-refractivity contribution in [3.63, 3.8) is 0 Å². The van der Waals surface area contributed by atoms with Crippen molar-refractivity contribution < 1.29 is 0 Å². The molecule has 0 fully saturated rings. The van der Waals surface area contributed by atoms with Gasteiger partial charge in [-0.15, -0.1) is 0 Å². The molecule has 0 spiro atoms. The molecule has 0 heterocycles. The van der Waals surface area contributed by atoms with Crippen molar-refractivity contribution in [2.24, 2.45) is 5.84 Å². The molecule has 1 aliphatic carbocycles. The number of nitrogens with one attached hydrogen (secondary N) is 1. The van der Waals surface area contributed by atoms with Crippen LogP contribution < -0.4 is 11.3 Å². The summed E-state index contributed by atoms with van der Waals surface area (Å²) in [4.78, 5) is 0. The molecule has 3 N–H and O–H groups in total. The van der Waals surface area contributed by atoms with Crippen LogP contribution >= 0.6 is 23.2 Å². The van der Waals surface area contributed by atoms with E-state index in [4.69, 9.17) is 29.0 Å². The molecule has 0 radical (unpaired) electrons. The molecule has 0 bridgehead atoms. The second-order valence-electron chi connectivity index (χ2n) is 5.20. The van der Waals surface area contributed by atoms with Gasteiger partial charge in [0.2, 0.25) is 0 Å². The first-order valence-corrected chi connectivity index (χ1v) is 7.44. The minimum Gasteiger partial charge on any atom is -0.271 e. The molecule has 2 aromatic carbocycles. The van der Waals surface area contributed by atoms with Crippen molar-refractivity contribution >= 4 is 23.2 Å². The first kappa shape index (κ1) is 13.9. The number of rotatable bonds is 4. The predicted molar refractivity (Wildman–Crippen MR) is 84.0 cm³/mol. The van der Waals surface area contributed by atoms with E-state index in [9.17, 15) is 0 Å². The van der Waals surface area contributed by atoms with Crippen LogP contribution in [-0.2, 0) is 6.42 Å². The van der Waals surface area contributed by atoms with Gasteiger partial charge in [0.15, 0.2) is 0 Å². The van der Waals surface area contributed by atoms with Gasteiger partial charge >= 0.3 is 0 Å². The summed E-state index contributed by atoms with van der Waals surface area (Å²) in [7, 11) is 0. The van der Waals surface area contributed by atoms with Crippen LogP contribution in [0.5, 0.6) is 0 Å². The van der Waals surface area contributed by atoms with Gasteiger partial charge in [-0.25, -0.2) is 0 Å². The molecular weight excluding hydrogens is 291 g/mol. The van der Waals surface area contributed by atoms with Crippen LogP contribution in [0.15, 0.2) is 42.5 Å². The lowest BCUT2D eigenvalue weighted by molar-refractivity contribution is 0.435. The van der Waals surface area contributed by atoms with Crippen molar-refractivity contribution in [1.82, 2.24) is 5.43 Å². The van der Waals surface area contributed by atoms with Crippen molar-refractivity contribution in [2.45, 2.75) is 24.8 Å². The molecule has 104 valence electrons. The van der Waals surface area contributed by atoms with Gasteiger partial charge in [-0.05, 0) is 41.5 Å². The van der Waals surface area contributed by atoms with Crippen LogP contribution in [0, 0.1) is 0 Å². The number of hydrogen-bond acceptors (Lipinski definition) is 2. The molecule has 0 amide bonds. The zero-order valence-electron chi connectivity index (χ0n) is 10.9. The summed E-state index contributed by atoms with van der Waals surface area (Å²) in [6.45, 7) is 0. The number of benzene rings is 2. The summed E-state index contributed by atoms with van der Waals surface area (Å²) in [5, 5.41) is 1.16. The lowest BCUT2D eigenvalue weighted by Crippen LogP contribution is -2.31. The average Bonchev–Trinajstić information content (AvgIpc) is 2.44. The second-order valence-corrected chi connectivity index (χ2v) is 5.98. The molecular formula is C16H16Cl2N2. The third-order valence-electron chi connectivity index (χ3n) is 4.04. The Kier molecular flexibility index (Phi) is 3.99. The Morgan fingerprint density at radius 2 is 1.95 bits per heavy atom. The van der Waals surface area contributed by atoms with Crippen LogP contribution in [0.4, 0.5) is 0 Å². The quantitative estimate of drug-likeness (QED) is 0.655. The molecule has 0 aromatic heterocycles. The van der Waals surface area contributed by atoms with Gasteiger partial charge in [-0.3, -0.25) is 11.3 Å². The first-order chi connectivity index (χ1) is 9.70. The maximum atomic E-state index is 6.28. The van der Waals surface area contributed by atoms with Crippen LogP contribution in [0.1, 0.15) is 35.1 Å². The zero-order valence-corrected chi connectivity index (χ0v) is 12.5. The van der Waals surface area contributed by atoms with Gasteiger partial charge in [0, 0.05) is 6.04 Å². The maximum Gasteiger partial charge on any atom is 0.0640 e. The fraction of sp³-hybridized carbons (Fsp3) is 0.250. The molecule has 2 atom stereocenters. The number of halogens is 2. The Morgan fingerprint density at radius 1 is 1.15 bits per heavy atom. The summed E-state index contributed by atoms with van der Waals surface area (Å²) in [5.74, 6) is 6.25. The number of hydrogen-bond donors (Lipinski definition) is 2. The molecule has 0 aliphatic heterocycles. The van der Waals surface area contributed by atoms with Gasteiger partial charge < -0.3 is 0 Å². The number of hydrazine groups is 1. The van der Waals surface area contributed by atoms with Gasteiger partial charge in [-0.2, -0.15) is 0 Å².